The lowest BCUT2D eigenvalue weighted by molar-refractivity contribution is 0.320. The summed E-state index contributed by atoms with van der Waals surface area (Å²) in [7, 11) is 4.78. The molecule has 0 spiro atoms. The zero-order valence-corrected chi connectivity index (χ0v) is 12.6. The molecule has 0 aromatic heterocycles. The van der Waals surface area contributed by atoms with E-state index in [1.54, 1.807) is 21.3 Å². The maximum Gasteiger partial charge on any atom is 0.204 e. The zero-order valence-electron chi connectivity index (χ0n) is 11.0. The molecule has 1 atom stereocenters. The molecule has 0 heterocycles. The normalized spacial score (nSPS) is 11.6. The van der Waals surface area contributed by atoms with E-state index >= 15 is 0 Å². The zero-order chi connectivity index (χ0) is 13.7. The van der Waals surface area contributed by atoms with E-state index in [1.165, 1.54) is 0 Å². The van der Waals surface area contributed by atoms with Gasteiger partial charge in [0.15, 0.2) is 11.5 Å². The topological polar surface area (TPSA) is 27.7 Å². The number of hydrogen-bond acceptors (Lipinski definition) is 3. The number of benzene rings is 1. The number of methoxy groups -OCH3 is 3. The summed E-state index contributed by atoms with van der Waals surface area (Å²) in [4.78, 5) is 0. The van der Waals surface area contributed by atoms with Crippen LogP contribution in [0.25, 0.3) is 0 Å². The van der Waals surface area contributed by atoms with Gasteiger partial charge in [0.05, 0.1) is 25.8 Å². The lowest BCUT2D eigenvalue weighted by Crippen LogP contribution is -2.03. The van der Waals surface area contributed by atoms with Crippen LogP contribution in [-0.4, -0.2) is 21.3 Å². The molecule has 0 aliphatic carbocycles. The fourth-order valence-electron chi connectivity index (χ4n) is 1.78. The van der Waals surface area contributed by atoms with Gasteiger partial charge in [0.1, 0.15) is 0 Å². The Morgan fingerprint density at radius 3 is 2.17 bits per heavy atom. The molecule has 0 saturated carbocycles. The molecule has 1 rings (SSSR count). The van der Waals surface area contributed by atoms with Gasteiger partial charge in [-0.05, 0) is 28.4 Å². The standard InChI is InChI=1S/C14H17BrO3/c1-6-9(2)7-10-8-11(15)13(17-4)14(18-5)12(10)16-3/h1,8-9H,7H2,2-5H3. The van der Waals surface area contributed by atoms with Gasteiger partial charge >= 0.3 is 0 Å². The Balaban J connectivity index is 3.35. The van der Waals surface area contributed by atoms with Gasteiger partial charge in [-0.1, -0.05) is 6.92 Å². The van der Waals surface area contributed by atoms with E-state index in [-0.39, 0.29) is 5.92 Å². The molecular weight excluding hydrogens is 296 g/mol. The molecule has 98 valence electrons. The van der Waals surface area contributed by atoms with Crippen LogP contribution >= 0.6 is 15.9 Å². The van der Waals surface area contributed by atoms with Crippen molar-refractivity contribution in [3.05, 3.63) is 16.1 Å². The van der Waals surface area contributed by atoms with E-state index in [2.05, 4.69) is 21.9 Å². The van der Waals surface area contributed by atoms with E-state index in [0.717, 1.165) is 16.5 Å². The molecule has 18 heavy (non-hydrogen) atoms. The lowest BCUT2D eigenvalue weighted by Gasteiger charge is -2.18. The second kappa shape index (κ2) is 6.55. The highest BCUT2D eigenvalue weighted by Crippen LogP contribution is 2.45. The van der Waals surface area contributed by atoms with Crippen LogP contribution in [-0.2, 0) is 6.42 Å². The number of halogens is 1. The molecule has 1 aromatic carbocycles. The average Bonchev–Trinajstić information content (AvgIpc) is 2.37. The Morgan fingerprint density at radius 1 is 1.17 bits per heavy atom. The molecule has 3 nitrogen and oxygen atoms in total. The maximum absolute atomic E-state index is 5.42. The van der Waals surface area contributed by atoms with Gasteiger partial charge in [-0.25, -0.2) is 0 Å². The minimum Gasteiger partial charge on any atom is -0.492 e. The van der Waals surface area contributed by atoms with Crippen molar-refractivity contribution in [3.8, 4) is 29.6 Å². The van der Waals surface area contributed by atoms with Crippen molar-refractivity contribution in [1.82, 2.24) is 0 Å². The highest BCUT2D eigenvalue weighted by atomic mass is 79.9. The van der Waals surface area contributed by atoms with Gasteiger partial charge in [0.2, 0.25) is 5.75 Å². The van der Waals surface area contributed by atoms with E-state index in [4.69, 9.17) is 20.6 Å². The molecule has 0 bridgehead atoms. The van der Waals surface area contributed by atoms with E-state index in [9.17, 15) is 0 Å². The predicted octanol–water partition coefficient (Wildman–Crippen LogP) is 3.29. The molecule has 0 fully saturated rings. The molecule has 1 aromatic rings. The van der Waals surface area contributed by atoms with Crippen LogP contribution in [0.2, 0.25) is 0 Å². The highest BCUT2D eigenvalue weighted by molar-refractivity contribution is 9.10. The summed E-state index contributed by atoms with van der Waals surface area (Å²) in [5.74, 6) is 4.70. The van der Waals surface area contributed by atoms with Gasteiger partial charge in [0.25, 0.3) is 0 Å². The number of hydrogen-bond donors (Lipinski definition) is 0. The first-order valence-electron chi connectivity index (χ1n) is 5.52. The first kappa shape index (κ1) is 14.7. The third kappa shape index (κ3) is 2.91. The predicted molar refractivity (Wildman–Crippen MR) is 75.5 cm³/mol. The van der Waals surface area contributed by atoms with Crippen molar-refractivity contribution in [2.45, 2.75) is 13.3 Å². The minimum atomic E-state index is 0.129. The summed E-state index contributed by atoms with van der Waals surface area (Å²) >= 11 is 3.46. The fraction of sp³-hybridized carbons (Fsp3) is 0.429. The Morgan fingerprint density at radius 2 is 1.72 bits per heavy atom. The number of terminal acetylenes is 1. The summed E-state index contributed by atoms with van der Waals surface area (Å²) in [6.07, 6.45) is 6.14. The van der Waals surface area contributed by atoms with Crippen molar-refractivity contribution >= 4 is 15.9 Å². The van der Waals surface area contributed by atoms with Crippen molar-refractivity contribution in [3.63, 3.8) is 0 Å². The molecule has 0 N–H and O–H groups in total. The fourth-order valence-corrected chi connectivity index (χ4v) is 2.40. The third-order valence-electron chi connectivity index (χ3n) is 2.64. The molecule has 0 saturated heterocycles. The van der Waals surface area contributed by atoms with Crippen LogP contribution in [0, 0.1) is 18.3 Å². The van der Waals surface area contributed by atoms with Crippen LogP contribution < -0.4 is 14.2 Å². The van der Waals surface area contributed by atoms with Crippen molar-refractivity contribution in [2.75, 3.05) is 21.3 Å². The Bertz CT molecular complexity index is 463. The quantitative estimate of drug-likeness (QED) is 0.781. The van der Waals surface area contributed by atoms with Gasteiger partial charge in [0, 0.05) is 11.5 Å². The monoisotopic (exact) mass is 312 g/mol. The third-order valence-corrected chi connectivity index (χ3v) is 3.23. The SMILES string of the molecule is C#CC(C)Cc1cc(Br)c(OC)c(OC)c1OC. The van der Waals surface area contributed by atoms with Crippen LogP contribution in [0.1, 0.15) is 12.5 Å². The lowest BCUT2D eigenvalue weighted by atomic mass is 10.0. The van der Waals surface area contributed by atoms with E-state index < -0.39 is 0 Å². The first-order chi connectivity index (χ1) is 8.58. The molecular formula is C14H17BrO3. The average molecular weight is 313 g/mol. The smallest absolute Gasteiger partial charge is 0.204 e. The Labute approximate surface area is 117 Å². The van der Waals surface area contributed by atoms with Crippen molar-refractivity contribution < 1.29 is 14.2 Å². The van der Waals surface area contributed by atoms with Gasteiger partial charge in [-0.2, -0.15) is 0 Å². The molecule has 0 aliphatic heterocycles. The second-order valence-corrected chi connectivity index (χ2v) is 4.74. The summed E-state index contributed by atoms with van der Waals surface area (Å²) in [6, 6.07) is 1.95. The second-order valence-electron chi connectivity index (χ2n) is 3.89. The number of ether oxygens (including phenoxy) is 3. The van der Waals surface area contributed by atoms with E-state index in [0.29, 0.717) is 17.2 Å². The van der Waals surface area contributed by atoms with Crippen LogP contribution in [0.5, 0.6) is 17.2 Å². The van der Waals surface area contributed by atoms with Gasteiger partial charge in [-0.3, -0.25) is 0 Å². The molecule has 0 aliphatic rings. The summed E-state index contributed by atoms with van der Waals surface area (Å²) < 4.78 is 16.9. The summed E-state index contributed by atoms with van der Waals surface area (Å²) in [6.45, 7) is 1.99. The molecule has 0 amide bonds. The first-order valence-corrected chi connectivity index (χ1v) is 6.31. The summed E-state index contributed by atoms with van der Waals surface area (Å²) in [5, 5.41) is 0. The molecule has 0 radical (unpaired) electrons. The van der Waals surface area contributed by atoms with Crippen LogP contribution in [0.3, 0.4) is 0 Å². The Hall–Kier alpha value is -1.34. The van der Waals surface area contributed by atoms with E-state index in [1.807, 2.05) is 13.0 Å². The Kier molecular flexibility index (Phi) is 5.36. The van der Waals surface area contributed by atoms with Crippen LogP contribution in [0.4, 0.5) is 0 Å². The van der Waals surface area contributed by atoms with Gasteiger partial charge < -0.3 is 14.2 Å². The van der Waals surface area contributed by atoms with Crippen molar-refractivity contribution in [1.29, 1.82) is 0 Å². The van der Waals surface area contributed by atoms with Gasteiger partial charge in [-0.15, -0.1) is 12.3 Å². The van der Waals surface area contributed by atoms with Crippen molar-refractivity contribution in [2.24, 2.45) is 5.92 Å². The van der Waals surface area contributed by atoms with Crippen LogP contribution in [0.15, 0.2) is 10.5 Å². The number of rotatable bonds is 5. The largest absolute Gasteiger partial charge is 0.492 e. The maximum atomic E-state index is 5.42. The molecule has 1 unspecified atom stereocenters. The highest BCUT2D eigenvalue weighted by Gasteiger charge is 2.20. The minimum absolute atomic E-state index is 0.129. The summed E-state index contributed by atoms with van der Waals surface area (Å²) in [5.41, 5.74) is 0.993. The molecule has 4 heteroatoms.